The Morgan fingerprint density at radius 3 is 2.41 bits per heavy atom. The average molecular weight is 420 g/mol. The first kappa shape index (κ1) is 19.6. The molecule has 6 heteroatoms. The number of thiocarbonyl (C=S) groups is 1. The van der Waals surface area contributed by atoms with Crippen LogP contribution in [0.4, 0.5) is 0 Å². The number of carbonyl (C=O) groups is 1. The molecule has 0 aliphatic carbocycles. The highest BCUT2D eigenvalue weighted by Gasteiger charge is 2.35. The van der Waals surface area contributed by atoms with E-state index in [1.807, 2.05) is 84.5 Å². The van der Waals surface area contributed by atoms with Crippen LogP contribution in [0.1, 0.15) is 25.8 Å². The molecule has 29 heavy (non-hydrogen) atoms. The van der Waals surface area contributed by atoms with Gasteiger partial charge < -0.3 is 0 Å². The van der Waals surface area contributed by atoms with Gasteiger partial charge in [0.05, 0.1) is 16.3 Å². The number of carbonyl (C=O) groups excluding carboxylic acids is 1. The van der Waals surface area contributed by atoms with Crippen molar-refractivity contribution in [1.29, 1.82) is 0 Å². The number of benzene rings is 2. The van der Waals surface area contributed by atoms with Gasteiger partial charge in [-0.05, 0) is 31.6 Å². The predicted molar refractivity (Wildman–Crippen MR) is 124 cm³/mol. The van der Waals surface area contributed by atoms with Crippen LogP contribution in [0.2, 0.25) is 0 Å². The largest absolute Gasteiger partial charge is 0.290 e. The highest BCUT2D eigenvalue weighted by atomic mass is 32.2. The second kappa shape index (κ2) is 8.35. The van der Waals surface area contributed by atoms with E-state index in [1.165, 1.54) is 11.8 Å². The second-order valence-electron chi connectivity index (χ2n) is 6.89. The molecule has 0 bridgehead atoms. The molecular weight excluding hydrogens is 398 g/mol. The number of nitrogens with zero attached hydrogens (tertiary/aromatic N) is 3. The molecule has 146 valence electrons. The van der Waals surface area contributed by atoms with Gasteiger partial charge in [0.25, 0.3) is 5.91 Å². The van der Waals surface area contributed by atoms with Gasteiger partial charge in [-0.15, -0.1) is 0 Å². The van der Waals surface area contributed by atoms with E-state index in [0.29, 0.717) is 9.23 Å². The van der Waals surface area contributed by atoms with Crippen molar-refractivity contribution in [1.82, 2.24) is 14.7 Å². The molecule has 2 aromatic carbocycles. The summed E-state index contributed by atoms with van der Waals surface area (Å²) in [5, 5.41) is 4.81. The fraction of sp³-hybridized carbons (Fsp3) is 0.174. The van der Waals surface area contributed by atoms with Crippen molar-refractivity contribution in [2.45, 2.75) is 26.3 Å². The lowest BCUT2D eigenvalue weighted by Crippen LogP contribution is -2.36. The first-order valence-corrected chi connectivity index (χ1v) is 10.8. The maximum absolute atomic E-state index is 13.0. The summed E-state index contributed by atoms with van der Waals surface area (Å²) in [5.74, 6) is -0.0270. The third-order valence-electron chi connectivity index (χ3n) is 4.95. The van der Waals surface area contributed by atoms with Gasteiger partial charge in [0.15, 0.2) is 0 Å². The molecule has 0 N–H and O–H groups in total. The van der Waals surface area contributed by atoms with Gasteiger partial charge in [0, 0.05) is 23.4 Å². The maximum atomic E-state index is 13.0. The van der Waals surface area contributed by atoms with Crippen molar-refractivity contribution in [3.63, 3.8) is 0 Å². The molecule has 1 saturated heterocycles. The topological polar surface area (TPSA) is 38.1 Å². The number of para-hydroxylation sites is 1. The lowest BCUT2D eigenvalue weighted by atomic mass is 10.1. The Morgan fingerprint density at radius 1 is 1.10 bits per heavy atom. The Labute approximate surface area is 180 Å². The van der Waals surface area contributed by atoms with Crippen LogP contribution in [0.15, 0.2) is 71.8 Å². The fourth-order valence-electron chi connectivity index (χ4n) is 3.21. The minimum Gasteiger partial charge on any atom is -0.290 e. The number of hydrogen-bond donors (Lipinski definition) is 0. The molecule has 0 radical (unpaired) electrons. The zero-order valence-electron chi connectivity index (χ0n) is 16.3. The maximum Gasteiger partial charge on any atom is 0.266 e. The van der Waals surface area contributed by atoms with Crippen molar-refractivity contribution >= 4 is 40.3 Å². The molecule has 0 spiro atoms. The highest BCUT2D eigenvalue weighted by molar-refractivity contribution is 8.26. The molecule has 1 unspecified atom stereocenters. The summed E-state index contributed by atoms with van der Waals surface area (Å²) < 4.78 is 2.47. The molecule has 1 aliphatic rings. The minimum atomic E-state index is -0.0270. The Hall–Kier alpha value is -2.70. The predicted octanol–water partition coefficient (Wildman–Crippen LogP) is 5.54. The first-order valence-electron chi connectivity index (χ1n) is 9.56. The number of thioether (sulfide) groups is 1. The Morgan fingerprint density at radius 2 is 1.76 bits per heavy atom. The van der Waals surface area contributed by atoms with Gasteiger partial charge in [0.2, 0.25) is 0 Å². The van der Waals surface area contributed by atoms with Gasteiger partial charge in [0.1, 0.15) is 4.32 Å². The van der Waals surface area contributed by atoms with E-state index in [-0.39, 0.29) is 11.9 Å². The second-order valence-corrected chi connectivity index (χ2v) is 8.56. The van der Waals surface area contributed by atoms with Crippen LogP contribution in [0, 0.1) is 0 Å². The Kier molecular flexibility index (Phi) is 5.65. The highest BCUT2D eigenvalue weighted by Crippen LogP contribution is 2.36. The smallest absolute Gasteiger partial charge is 0.266 e. The van der Waals surface area contributed by atoms with Gasteiger partial charge in [-0.3, -0.25) is 9.69 Å². The normalized spacial score (nSPS) is 16.6. The SMILES string of the molecule is CCC(C)N1C(=O)/C(=C\c2cn(-c3ccccc3)nc2-c2ccccc2)SC1=S. The number of aromatic nitrogens is 2. The minimum absolute atomic E-state index is 0.0270. The van der Waals surface area contributed by atoms with Crippen molar-refractivity contribution in [3.8, 4) is 16.9 Å². The molecule has 2 heterocycles. The van der Waals surface area contributed by atoms with Crippen molar-refractivity contribution in [3.05, 3.63) is 77.3 Å². The summed E-state index contributed by atoms with van der Waals surface area (Å²) in [6.07, 6.45) is 4.74. The third-order valence-corrected chi connectivity index (χ3v) is 6.28. The number of hydrogen-bond acceptors (Lipinski definition) is 4. The quantitative estimate of drug-likeness (QED) is 0.402. The molecule has 0 saturated carbocycles. The summed E-state index contributed by atoms with van der Waals surface area (Å²) in [6.45, 7) is 4.08. The van der Waals surface area contributed by atoms with Crippen LogP contribution in [0.25, 0.3) is 23.0 Å². The van der Waals surface area contributed by atoms with Gasteiger partial charge in [-0.25, -0.2) is 4.68 Å². The zero-order valence-corrected chi connectivity index (χ0v) is 17.9. The van der Waals surface area contributed by atoms with Crippen LogP contribution in [0.5, 0.6) is 0 Å². The van der Waals surface area contributed by atoms with E-state index in [0.717, 1.165) is 28.9 Å². The lowest BCUT2D eigenvalue weighted by Gasteiger charge is -2.21. The van der Waals surface area contributed by atoms with Crippen LogP contribution in [0.3, 0.4) is 0 Å². The molecular formula is C23H21N3OS2. The van der Waals surface area contributed by atoms with E-state index < -0.39 is 0 Å². The van der Waals surface area contributed by atoms with Gasteiger partial charge in [-0.2, -0.15) is 5.10 Å². The molecule has 3 aromatic rings. The Balaban J connectivity index is 1.79. The van der Waals surface area contributed by atoms with Crippen molar-refractivity contribution in [2.24, 2.45) is 0 Å². The average Bonchev–Trinajstić information content (AvgIpc) is 3.30. The fourth-order valence-corrected chi connectivity index (χ4v) is 4.66. The Bertz CT molecular complexity index is 1070. The molecule has 1 fully saturated rings. The molecule has 1 aliphatic heterocycles. The van der Waals surface area contributed by atoms with Gasteiger partial charge in [-0.1, -0.05) is 79.4 Å². The molecule has 1 aromatic heterocycles. The van der Waals surface area contributed by atoms with Crippen LogP contribution < -0.4 is 0 Å². The first-order chi connectivity index (χ1) is 14.1. The molecule has 4 rings (SSSR count). The standard InChI is InChI=1S/C23H21N3OS2/c1-3-16(2)26-22(27)20(29-23(26)28)14-18-15-25(19-12-8-5-9-13-19)24-21(18)17-10-6-4-7-11-17/h4-16H,3H2,1-2H3/b20-14+. The monoisotopic (exact) mass is 419 g/mol. The molecule has 1 amide bonds. The van der Waals surface area contributed by atoms with E-state index >= 15 is 0 Å². The lowest BCUT2D eigenvalue weighted by molar-refractivity contribution is -0.123. The third kappa shape index (κ3) is 3.91. The van der Waals surface area contributed by atoms with Crippen molar-refractivity contribution in [2.75, 3.05) is 0 Å². The molecule has 4 nitrogen and oxygen atoms in total. The van der Waals surface area contributed by atoms with Crippen LogP contribution in [-0.4, -0.2) is 30.9 Å². The number of rotatable bonds is 5. The summed E-state index contributed by atoms with van der Waals surface area (Å²) >= 11 is 6.83. The van der Waals surface area contributed by atoms with Crippen molar-refractivity contribution < 1.29 is 4.79 Å². The van der Waals surface area contributed by atoms with E-state index in [9.17, 15) is 4.79 Å². The molecule has 1 atom stereocenters. The van der Waals surface area contributed by atoms with E-state index in [1.54, 1.807) is 4.90 Å². The van der Waals surface area contributed by atoms with Crippen LogP contribution >= 0.6 is 24.0 Å². The van der Waals surface area contributed by atoms with E-state index in [2.05, 4.69) is 6.92 Å². The summed E-state index contributed by atoms with van der Waals surface area (Å²) in [4.78, 5) is 15.3. The van der Waals surface area contributed by atoms with Crippen LogP contribution in [-0.2, 0) is 4.79 Å². The van der Waals surface area contributed by atoms with Gasteiger partial charge >= 0.3 is 0 Å². The summed E-state index contributed by atoms with van der Waals surface area (Å²) in [7, 11) is 0. The van der Waals surface area contributed by atoms with E-state index in [4.69, 9.17) is 17.3 Å². The summed E-state index contributed by atoms with van der Waals surface area (Å²) in [6, 6.07) is 20.1. The zero-order chi connectivity index (χ0) is 20.4. The summed E-state index contributed by atoms with van der Waals surface area (Å²) in [5.41, 5.74) is 3.70. The number of amides is 1.